The first kappa shape index (κ1) is 15.4. The first-order valence-corrected chi connectivity index (χ1v) is 7.94. The third-order valence-electron chi connectivity index (χ3n) is 2.84. The van der Waals surface area contributed by atoms with E-state index in [2.05, 4.69) is 10.2 Å². The molecule has 1 aliphatic rings. The van der Waals surface area contributed by atoms with E-state index in [1.807, 2.05) is 24.3 Å². The average Bonchev–Trinajstić information content (AvgIpc) is 2.45. The molecule has 20 heavy (non-hydrogen) atoms. The van der Waals surface area contributed by atoms with Crippen LogP contribution in [0.25, 0.3) is 0 Å². The summed E-state index contributed by atoms with van der Waals surface area (Å²) in [7, 11) is 0. The number of benzene rings is 1. The van der Waals surface area contributed by atoms with Gasteiger partial charge in [0.05, 0.1) is 12.3 Å². The van der Waals surface area contributed by atoms with Crippen molar-refractivity contribution < 1.29 is 4.74 Å². The van der Waals surface area contributed by atoms with Crippen LogP contribution >= 0.6 is 23.4 Å². The van der Waals surface area contributed by atoms with Gasteiger partial charge in [-0.2, -0.15) is 5.10 Å². The molecule has 2 N–H and O–H groups in total. The van der Waals surface area contributed by atoms with Crippen LogP contribution in [0.3, 0.4) is 0 Å². The Balaban J connectivity index is 1.56. The molecule has 6 heteroatoms. The number of nitrogens with two attached hydrogens (primary N) is 1. The molecule has 0 atom stereocenters. The Morgan fingerprint density at radius 2 is 2.20 bits per heavy atom. The average molecular weight is 312 g/mol. The van der Waals surface area contributed by atoms with Crippen LogP contribution in [-0.2, 0) is 11.3 Å². The normalized spacial score (nSPS) is 14.8. The van der Waals surface area contributed by atoms with Crippen molar-refractivity contribution >= 4 is 34.2 Å². The fraction of sp³-hybridized carbons (Fsp3) is 0.429. The molecule has 1 aromatic carbocycles. The van der Waals surface area contributed by atoms with Gasteiger partial charge in [0.25, 0.3) is 0 Å². The molecule has 0 bridgehead atoms. The fourth-order valence-corrected chi connectivity index (χ4v) is 2.64. The van der Waals surface area contributed by atoms with E-state index in [-0.39, 0.29) is 0 Å². The second kappa shape index (κ2) is 8.29. The Morgan fingerprint density at radius 1 is 1.30 bits per heavy atom. The monoisotopic (exact) mass is 311 g/mol. The highest BCUT2D eigenvalue weighted by Gasteiger charge is 2.07. The van der Waals surface area contributed by atoms with Gasteiger partial charge >= 0.3 is 0 Å². The maximum atomic E-state index is 5.91. The van der Waals surface area contributed by atoms with Crippen molar-refractivity contribution in [3.63, 3.8) is 0 Å². The molecule has 0 saturated carbocycles. The summed E-state index contributed by atoms with van der Waals surface area (Å²) < 4.78 is 5.63. The third-order valence-corrected chi connectivity index (χ3v) is 3.93. The number of thioether (sulfide) groups is 1. The SMILES string of the molecule is NC1=NN=C(CCCCOCc2cccc(Cl)c2)CS1. The minimum atomic E-state index is 0.554. The Labute approximate surface area is 128 Å². The number of rotatable bonds is 7. The largest absolute Gasteiger partial charge is 0.377 e. The third kappa shape index (κ3) is 5.53. The molecule has 4 nitrogen and oxygen atoms in total. The highest BCUT2D eigenvalue weighted by molar-refractivity contribution is 8.14. The standard InChI is InChI=1S/C14H18ClN3OS/c15-12-5-3-4-11(8-12)9-19-7-2-1-6-13-10-20-14(16)18-17-13/h3-5,8H,1-2,6-7,9-10H2,(H2,16,18). The van der Waals surface area contributed by atoms with Crippen molar-refractivity contribution in [1.82, 2.24) is 0 Å². The van der Waals surface area contributed by atoms with Gasteiger partial charge in [-0.3, -0.25) is 0 Å². The highest BCUT2D eigenvalue weighted by atomic mass is 35.5. The van der Waals surface area contributed by atoms with Gasteiger partial charge in [0, 0.05) is 17.4 Å². The van der Waals surface area contributed by atoms with Crippen molar-refractivity contribution in [2.24, 2.45) is 15.9 Å². The number of hydrogen-bond acceptors (Lipinski definition) is 5. The summed E-state index contributed by atoms with van der Waals surface area (Å²) in [6, 6.07) is 7.75. The highest BCUT2D eigenvalue weighted by Crippen LogP contribution is 2.13. The van der Waals surface area contributed by atoms with E-state index < -0.39 is 0 Å². The molecule has 0 saturated heterocycles. The maximum Gasteiger partial charge on any atom is 0.180 e. The molecule has 0 unspecified atom stereocenters. The number of hydrogen-bond donors (Lipinski definition) is 1. The molecule has 1 aromatic rings. The van der Waals surface area contributed by atoms with Gasteiger partial charge in [-0.1, -0.05) is 35.5 Å². The van der Waals surface area contributed by atoms with Gasteiger partial charge in [-0.15, -0.1) is 5.10 Å². The molecular weight excluding hydrogens is 294 g/mol. The molecule has 0 spiro atoms. The molecule has 1 aliphatic heterocycles. The first-order valence-electron chi connectivity index (χ1n) is 6.58. The van der Waals surface area contributed by atoms with Gasteiger partial charge in [0.1, 0.15) is 0 Å². The zero-order valence-electron chi connectivity index (χ0n) is 11.2. The van der Waals surface area contributed by atoms with Gasteiger partial charge in [0.2, 0.25) is 0 Å². The predicted octanol–water partition coefficient (Wildman–Crippen LogP) is 3.44. The maximum absolute atomic E-state index is 5.91. The Kier molecular flexibility index (Phi) is 6.36. The van der Waals surface area contributed by atoms with E-state index in [1.165, 1.54) is 0 Å². The Bertz CT molecular complexity index is 505. The van der Waals surface area contributed by atoms with Crippen LogP contribution in [0, 0.1) is 0 Å². The molecule has 1 heterocycles. The summed E-state index contributed by atoms with van der Waals surface area (Å²) >= 11 is 7.46. The van der Waals surface area contributed by atoms with Gasteiger partial charge in [0.15, 0.2) is 5.17 Å². The summed E-state index contributed by atoms with van der Waals surface area (Å²) in [5.41, 5.74) is 7.75. The van der Waals surface area contributed by atoms with Crippen LogP contribution < -0.4 is 5.73 Å². The zero-order valence-corrected chi connectivity index (χ0v) is 12.8. The first-order chi connectivity index (χ1) is 9.74. The summed E-state index contributed by atoms with van der Waals surface area (Å²) in [5.74, 6) is 0.860. The molecule has 0 aliphatic carbocycles. The van der Waals surface area contributed by atoms with Crippen molar-refractivity contribution in [3.05, 3.63) is 34.9 Å². The van der Waals surface area contributed by atoms with Crippen molar-refractivity contribution in [2.75, 3.05) is 12.4 Å². The Morgan fingerprint density at radius 3 is 2.95 bits per heavy atom. The van der Waals surface area contributed by atoms with Crippen LogP contribution in [0.15, 0.2) is 34.5 Å². The second-order valence-electron chi connectivity index (χ2n) is 4.53. The van der Waals surface area contributed by atoms with E-state index in [4.69, 9.17) is 22.1 Å². The Hall–Kier alpha value is -1.04. The lowest BCUT2D eigenvalue weighted by Crippen LogP contribution is -2.15. The summed E-state index contributed by atoms with van der Waals surface area (Å²) in [6.45, 7) is 1.36. The van der Waals surface area contributed by atoms with E-state index in [1.54, 1.807) is 11.8 Å². The summed E-state index contributed by atoms with van der Waals surface area (Å²) in [5, 5.41) is 9.27. The number of amidine groups is 1. The van der Waals surface area contributed by atoms with Crippen LogP contribution in [0.4, 0.5) is 0 Å². The van der Waals surface area contributed by atoms with Crippen LogP contribution in [0.1, 0.15) is 24.8 Å². The second-order valence-corrected chi connectivity index (χ2v) is 5.96. The molecule has 0 radical (unpaired) electrons. The zero-order chi connectivity index (χ0) is 14.2. The van der Waals surface area contributed by atoms with Gasteiger partial charge in [-0.25, -0.2) is 0 Å². The van der Waals surface area contributed by atoms with Gasteiger partial charge < -0.3 is 10.5 Å². The smallest absolute Gasteiger partial charge is 0.180 e. The van der Waals surface area contributed by atoms with Crippen molar-refractivity contribution in [1.29, 1.82) is 0 Å². The number of unbranched alkanes of at least 4 members (excludes halogenated alkanes) is 1. The van der Waals surface area contributed by atoms with E-state index in [9.17, 15) is 0 Å². The molecular formula is C14H18ClN3OS. The van der Waals surface area contributed by atoms with E-state index in [0.29, 0.717) is 11.8 Å². The van der Waals surface area contributed by atoms with Crippen molar-refractivity contribution in [3.8, 4) is 0 Å². The van der Waals surface area contributed by atoms with E-state index >= 15 is 0 Å². The quantitative estimate of drug-likeness (QED) is 0.785. The molecule has 0 aromatic heterocycles. The van der Waals surface area contributed by atoms with Crippen LogP contribution in [0.2, 0.25) is 5.02 Å². The summed E-state index contributed by atoms with van der Waals surface area (Å²) in [4.78, 5) is 0. The summed E-state index contributed by atoms with van der Waals surface area (Å²) in [6.07, 6.45) is 3.04. The number of ether oxygens (including phenoxy) is 1. The molecule has 2 rings (SSSR count). The molecule has 108 valence electrons. The van der Waals surface area contributed by atoms with Crippen LogP contribution in [-0.4, -0.2) is 23.2 Å². The lowest BCUT2D eigenvalue weighted by molar-refractivity contribution is 0.117. The van der Waals surface area contributed by atoms with E-state index in [0.717, 1.165) is 47.9 Å². The number of nitrogens with zero attached hydrogens (tertiary/aromatic N) is 2. The topological polar surface area (TPSA) is 60.0 Å². The lowest BCUT2D eigenvalue weighted by Gasteiger charge is -2.09. The fourth-order valence-electron chi connectivity index (χ4n) is 1.81. The minimum absolute atomic E-state index is 0.554. The number of halogens is 1. The minimum Gasteiger partial charge on any atom is -0.377 e. The molecule has 0 amide bonds. The van der Waals surface area contributed by atoms with Gasteiger partial charge in [-0.05, 0) is 37.0 Å². The lowest BCUT2D eigenvalue weighted by atomic mass is 10.2. The van der Waals surface area contributed by atoms with Crippen LogP contribution in [0.5, 0.6) is 0 Å². The van der Waals surface area contributed by atoms with Crippen molar-refractivity contribution in [2.45, 2.75) is 25.9 Å². The molecule has 0 fully saturated rings. The predicted molar refractivity (Wildman–Crippen MR) is 86.5 cm³/mol.